The van der Waals surface area contributed by atoms with E-state index in [9.17, 15) is 0 Å². The monoisotopic (exact) mass is 389 g/mol. The Morgan fingerprint density at radius 3 is 2.43 bits per heavy atom. The zero-order valence-electron chi connectivity index (χ0n) is 16.7. The molecule has 1 aliphatic heterocycles. The molecule has 0 N–H and O–H groups in total. The highest BCUT2D eigenvalue weighted by Crippen LogP contribution is 2.70. The summed E-state index contributed by atoms with van der Waals surface area (Å²) >= 11 is 1.87. The average Bonchev–Trinajstić information content (AvgIpc) is 3.31. The normalized spacial score (nSPS) is 38.1. The minimum atomic E-state index is 0.0764. The van der Waals surface area contributed by atoms with Crippen molar-refractivity contribution in [2.75, 3.05) is 4.90 Å². The van der Waals surface area contributed by atoms with Gasteiger partial charge in [-0.1, -0.05) is 18.2 Å². The average molecular weight is 390 g/mol. The molecule has 0 radical (unpaired) electrons. The molecule has 0 saturated heterocycles. The third-order valence-corrected chi connectivity index (χ3v) is 9.58. The molecule has 4 bridgehead atoms. The summed E-state index contributed by atoms with van der Waals surface area (Å²) in [6, 6.07) is 11.6. The van der Waals surface area contributed by atoms with Crippen molar-refractivity contribution >= 4 is 27.3 Å². The lowest BCUT2D eigenvalue weighted by Gasteiger charge is -2.63. The highest BCUT2D eigenvalue weighted by molar-refractivity contribution is 7.17. The Morgan fingerprint density at radius 1 is 1.00 bits per heavy atom. The molecule has 2 aromatic heterocycles. The molecule has 5 aliphatic rings. The largest absolute Gasteiger partial charge is 0.457 e. The minimum absolute atomic E-state index is 0.0764. The highest BCUT2D eigenvalue weighted by Gasteiger charge is 2.66. The first-order valence-corrected chi connectivity index (χ1v) is 11.9. The molecule has 2 nitrogen and oxygen atoms in total. The third kappa shape index (κ3) is 1.72. The molecule has 1 atom stereocenters. The summed E-state index contributed by atoms with van der Waals surface area (Å²) in [4.78, 5) is 2.84. The summed E-state index contributed by atoms with van der Waals surface area (Å²) in [5.41, 5.74) is 5.53. The van der Waals surface area contributed by atoms with E-state index < -0.39 is 0 Å². The van der Waals surface area contributed by atoms with Crippen LogP contribution in [0.1, 0.15) is 62.0 Å². The molecular formula is C25H27NOS. The van der Waals surface area contributed by atoms with Crippen LogP contribution in [0.4, 0.5) is 5.69 Å². The fourth-order valence-electron chi connectivity index (χ4n) is 7.99. The highest BCUT2D eigenvalue weighted by atomic mass is 32.1. The molecule has 3 heterocycles. The van der Waals surface area contributed by atoms with Crippen molar-refractivity contribution in [3.8, 4) is 0 Å². The standard InChI is InChI=1S/C25H27NOS/c1-14-5-3-4-6-20(14)26-15(2)22-23-21(7-8-28-23)27-24(22)25(26)18-10-16-9-17(12-18)13-19(25)11-16/h3-8,15-19H,9-13H2,1-2H3/t15-,16?,17?,18?,19?,25?/m0/s1. The van der Waals surface area contributed by atoms with Gasteiger partial charge in [0.25, 0.3) is 0 Å². The van der Waals surface area contributed by atoms with Crippen LogP contribution in [-0.2, 0) is 5.54 Å². The smallest absolute Gasteiger partial charge is 0.145 e. The van der Waals surface area contributed by atoms with Crippen LogP contribution in [-0.4, -0.2) is 0 Å². The molecular weight excluding hydrogens is 362 g/mol. The number of hydrogen-bond donors (Lipinski definition) is 0. The first-order valence-electron chi connectivity index (χ1n) is 11.0. The number of thiophene rings is 1. The Hall–Kier alpha value is -1.74. The molecule has 0 amide bonds. The van der Waals surface area contributed by atoms with Crippen molar-refractivity contribution in [2.24, 2.45) is 23.7 Å². The summed E-state index contributed by atoms with van der Waals surface area (Å²) in [6.07, 6.45) is 7.08. The zero-order chi connectivity index (χ0) is 18.6. The van der Waals surface area contributed by atoms with Crippen LogP contribution < -0.4 is 4.90 Å². The SMILES string of the molecule is Cc1ccccc1N1[C@@H](C)c2c(oc3ccsc23)C12C1CC3CC(C1)CC2C3. The van der Waals surface area contributed by atoms with Gasteiger partial charge in [0.05, 0.1) is 10.7 Å². The van der Waals surface area contributed by atoms with Gasteiger partial charge in [-0.15, -0.1) is 11.3 Å². The van der Waals surface area contributed by atoms with E-state index in [4.69, 9.17) is 4.42 Å². The zero-order valence-corrected chi connectivity index (χ0v) is 17.5. The molecule has 4 fully saturated rings. The molecule has 4 saturated carbocycles. The second kappa shape index (κ2) is 5.24. The van der Waals surface area contributed by atoms with E-state index in [-0.39, 0.29) is 5.54 Å². The lowest BCUT2D eigenvalue weighted by molar-refractivity contribution is -0.0679. The van der Waals surface area contributed by atoms with Crippen molar-refractivity contribution in [1.82, 2.24) is 0 Å². The maximum atomic E-state index is 6.76. The van der Waals surface area contributed by atoms with Crippen LogP contribution in [0, 0.1) is 30.6 Å². The van der Waals surface area contributed by atoms with E-state index >= 15 is 0 Å². The summed E-state index contributed by atoms with van der Waals surface area (Å²) in [5, 5.41) is 2.20. The van der Waals surface area contributed by atoms with E-state index in [1.165, 1.54) is 59.4 Å². The number of hydrogen-bond acceptors (Lipinski definition) is 3. The van der Waals surface area contributed by atoms with Gasteiger partial charge in [-0.05, 0) is 92.7 Å². The van der Waals surface area contributed by atoms with Gasteiger partial charge in [0.15, 0.2) is 0 Å². The minimum Gasteiger partial charge on any atom is -0.457 e. The summed E-state index contributed by atoms with van der Waals surface area (Å²) in [6.45, 7) is 4.71. The molecule has 1 aromatic carbocycles. The van der Waals surface area contributed by atoms with Gasteiger partial charge in [-0.2, -0.15) is 0 Å². The van der Waals surface area contributed by atoms with Gasteiger partial charge in [0, 0.05) is 11.3 Å². The Labute approximate surface area is 170 Å². The topological polar surface area (TPSA) is 16.4 Å². The van der Waals surface area contributed by atoms with Gasteiger partial charge in [-0.3, -0.25) is 0 Å². The Kier molecular flexibility index (Phi) is 3.01. The number of fused-ring (bicyclic) bond motifs is 3. The van der Waals surface area contributed by atoms with Gasteiger partial charge in [0.2, 0.25) is 0 Å². The van der Waals surface area contributed by atoms with Crippen molar-refractivity contribution in [1.29, 1.82) is 0 Å². The predicted molar refractivity (Wildman–Crippen MR) is 115 cm³/mol. The van der Waals surface area contributed by atoms with Crippen LogP contribution in [0.25, 0.3) is 10.3 Å². The van der Waals surface area contributed by atoms with Crippen LogP contribution >= 0.6 is 11.3 Å². The van der Waals surface area contributed by atoms with Gasteiger partial charge < -0.3 is 9.32 Å². The predicted octanol–water partition coefficient (Wildman–Crippen LogP) is 7.04. The van der Waals surface area contributed by atoms with Gasteiger partial charge in [0.1, 0.15) is 16.9 Å². The van der Waals surface area contributed by atoms with Gasteiger partial charge in [-0.25, -0.2) is 0 Å². The Bertz CT molecular complexity index is 1060. The molecule has 1 spiro atoms. The van der Waals surface area contributed by atoms with Crippen LogP contribution in [0.15, 0.2) is 40.1 Å². The molecule has 4 aliphatic carbocycles. The van der Waals surface area contributed by atoms with Crippen molar-refractivity contribution in [2.45, 2.75) is 57.5 Å². The van der Waals surface area contributed by atoms with Crippen molar-refractivity contribution < 1.29 is 4.42 Å². The second-order valence-corrected chi connectivity index (χ2v) is 10.8. The summed E-state index contributed by atoms with van der Waals surface area (Å²) in [7, 11) is 0. The summed E-state index contributed by atoms with van der Waals surface area (Å²) in [5.74, 6) is 4.75. The lowest BCUT2D eigenvalue weighted by Crippen LogP contribution is -2.62. The van der Waals surface area contributed by atoms with Crippen molar-refractivity contribution in [3.63, 3.8) is 0 Å². The second-order valence-electron chi connectivity index (χ2n) is 9.92. The maximum absolute atomic E-state index is 6.76. The molecule has 8 rings (SSSR count). The van der Waals surface area contributed by atoms with Crippen LogP contribution in [0.3, 0.4) is 0 Å². The number of para-hydroxylation sites is 1. The Morgan fingerprint density at radius 2 is 1.71 bits per heavy atom. The molecule has 3 aromatic rings. The first-order chi connectivity index (χ1) is 13.7. The quantitative estimate of drug-likeness (QED) is 0.444. The van der Waals surface area contributed by atoms with Crippen LogP contribution in [0.5, 0.6) is 0 Å². The fraction of sp³-hybridized carbons (Fsp3) is 0.520. The fourth-order valence-corrected chi connectivity index (χ4v) is 8.93. The van der Waals surface area contributed by atoms with Crippen LogP contribution in [0.2, 0.25) is 0 Å². The van der Waals surface area contributed by atoms with E-state index in [0.717, 1.165) is 29.3 Å². The first kappa shape index (κ1) is 16.1. The molecule has 28 heavy (non-hydrogen) atoms. The number of rotatable bonds is 1. The van der Waals surface area contributed by atoms with E-state index in [2.05, 4.69) is 54.5 Å². The van der Waals surface area contributed by atoms with E-state index in [1.54, 1.807) is 0 Å². The molecule has 0 unspecified atom stereocenters. The number of nitrogens with zero attached hydrogens (tertiary/aromatic N) is 1. The van der Waals surface area contributed by atoms with E-state index in [1.807, 2.05) is 11.3 Å². The molecule has 3 heteroatoms. The Balaban J connectivity index is 1.54. The number of benzene rings is 1. The number of anilines is 1. The molecule has 144 valence electrons. The van der Waals surface area contributed by atoms with E-state index in [0.29, 0.717) is 6.04 Å². The summed E-state index contributed by atoms with van der Waals surface area (Å²) < 4.78 is 8.16. The van der Waals surface area contributed by atoms with Crippen molar-refractivity contribution in [3.05, 3.63) is 52.6 Å². The lowest BCUT2D eigenvalue weighted by atomic mass is 9.48. The number of furan rings is 1. The van der Waals surface area contributed by atoms with Gasteiger partial charge >= 0.3 is 0 Å². The number of aryl methyl sites for hydroxylation is 1. The maximum Gasteiger partial charge on any atom is 0.145 e. The third-order valence-electron chi connectivity index (χ3n) is 8.66.